The molecule has 1 heterocycles. The van der Waals surface area contributed by atoms with E-state index in [0.29, 0.717) is 15.9 Å². The van der Waals surface area contributed by atoms with Crippen molar-refractivity contribution in [3.8, 4) is 11.3 Å². The lowest BCUT2D eigenvalue weighted by atomic mass is 10.1. The standard InChI is InChI=1S/C20H18ClN3OS/c1-13-12-18(15-8-4-3-5-9-15)24-20(22-13)26-14(2)19(25)23-17-11-7-6-10-16(17)21/h3-12,14H,1-2H3,(H,23,25)/t14-/m0/s1. The number of amides is 1. The molecule has 3 rings (SSSR count). The molecule has 0 aliphatic heterocycles. The summed E-state index contributed by atoms with van der Waals surface area (Å²) < 4.78 is 0. The molecule has 1 aromatic heterocycles. The number of hydrogen-bond acceptors (Lipinski definition) is 4. The van der Waals surface area contributed by atoms with Crippen molar-refractivity contribution in [3.05, 3.63) is 71.4 Å². The van der Waals surface area contributed by atoms with Crippen LogP contribution in [-0.4, -0.2) is 21.1 Å². The van der Waals surface area contributed by atoms with Gasteiger partial charge < -0.3 is 5.32 Å². The van der Waals surface area contributed by atoms with Crippen LogP contribution in [0.2, 0.25) is 5.02 Å². The second-order valence-electron chi connectivity index (χ2n) is 5.77. The third kappa shape index (κ3) is 4.62. The summed E-state index contributed by atoms with van der Waals surface area (Å²) >= 11 is 7.42. The van der Waals surface area contributed by atoms with Crippen LogP contribution in [0.5, 0.6) is 0 Å². The Bertz CT molecular complexity index is 918. The van der Waals surface area contributed by atoms with Gasteiger partial charge in [0.1, 0.15) is 0 Å². The van der Waals surface area contributed by atoms with Gasteiger partial charge in [0, 0.05) is 11.3 Å². The summed E-state index contributed by atoms with van der Waals surface area (Å²) in [5.41, 5.74) is 3.33. The monoisotopic (exact) mass is 383 g/mol. The summed E-state index contributed by atoms with van der Waals surface area (Å²) in [5, 5.41) is 3.56. The number of nitrogens with one attached hydrogen (secondary N) is 1. The van der Waals surface area contributed by atoms with E-state index in [1.54, 1.807) is 12.1 Å². The molecule has 132 valence electrons. The molecule has 2 aromatic carbocycles. The van der Waals surface area contributed by atoms with E-state index in [2.05, 4.69) is 15.3 Å². The van der Waals surface area contributed by atoms with Crippen LogP contribution in [0.4, 0.5) is 5.69 Å². The molecular formula is C20H18ClN3OS. The summed E-state index contributed by atoms with van der Waals surface area (Å²) in [6.45, 7) is 3.75. The van der Waals surface area contributed by atoms with Crippen LogP contribution in [0.3, 0.4) is 0 Å². The third-order valence-electron chi connectivity index (χ3n) is 3.69. The lowest BCUT2D eigenvalue weighted by Gasteiger charge is -2.13. The van der Waals surface area contributed by atoms with Gasteiger partial charge in [-0.15, -0.1) is 0 Å². The quantitative estimate of drug-likeness (QED) is 0.484. The van der Waals surface area contributed by atoms with Crippen LogP contribution in [0.15, 0.2) is 65.8 Å². The highest BCUT2D eigenvalue weighted by Crippen LogP contribution is 2.26. The highest BCUT2D eigenvalue weighted by molar-refractivity contribution is 8.00. The molecule has 3 aromatic rings. The molecule has 1 N–H and O–H groups in total. The van der Waals surface area contributed by atoms with Crippen molar-refractivity contribution in [1.29, 1.82) is 0 Å². The van der Waals surface area contributed by atoms with Crippen molar-refractivity contribution >= 4 is 35.0 Å². The van der Waals surface area contributed by atoms with Crippen molar-refractivity contribution < 1.29 is 4.79 Å². The van der Waals surface area contributed by atoms with Gasteiger partial charge in [0.25, 0.3) is 0 Å². The summed E-state index contributed by atoms with van der Waals surface area (Å²) in [7, 11) is 0. The van der Waals surface area contributed by atoms with Crippen molar-refractivity contribution in [1.82, 2.24) is 9.97 Å². The molecule has 0 saturated heterocycles. The first-order valence-electron chi connectivity index (χ1n) is 8.16. The predicted octanol–water partition coefficient (Wildman–Crippen LogP) is 5.22. The van der Waals surface area contributed by atoms with E-state index < -0.39 is 0 Å². The van der Waals surface area contributed by atoms with Gasteiger partial charge in [-0.25, -0.2) is 9.97 Å². The molecule has 6 heteroatoms. The molecule has 0 aliphatic rings. The largest absolute Gasteiger partial charge is 0.324 e. The average Bonchev–Trinajstić information content (AvgIpc) is 2.64. The number of carbonyl (C=O) groups excluding carboxylic acids is 1. The smallest absolute Gasteiger partial charge is 0.237 e. The molecule has 1 atom stereocenters. The van der Waals surface area contributed by atoms with E-state index in [1.165, 1.54) is 11.8 Å². The highest BCUT2D eigenvalue weighted by atomic mass is 35.5. The summed E-state index contributed by atoms with van der Waals surface area (Å²) in [6.07, 6.45) is 0. The number of aryl methyl sites for hydroxylation is 1. The first-order chi connectivity index (χ1) is 12.5. The van der Waals surface area contributed by atoms with Crippen molar-refractivity contribution in [3.63, 3.8) is 0 Å². The van der Waals surface area contributed by atoms with Gasteiger partial charge in [0.2, 0.25) is 5.91 Å². The first kappa shape index (κ1) is 18.4. The van der Waals surface area contributed by atoms with E-state index in [4.69, 9.17) is 11.6 Å². The highest BCUT2D eigenvalue weighted by Gasteiger charge is 2.18. The van der Waals surface area contributed by atoms with Crippen molar-refractivity contribution in [2.24, 2.45) is 0 Å². The van der Waals surface area contributed by atoms with Crippen LogP contribution < -0.4 is 5.32 Å². The number of rotatable bonds is 5. The zero-order valence-electron chi connectivity index (χ0n) is 14.4. The second kappa shape index (κ2) is 8.34. The molecule has 0 unspecified atom stereocenters. The summed E-state index contributed by atoms with van der Waals surface area (Å²) in [4.78, 5) is 21.5. The van der Waals surface area contributed by atoms with Gasteiger partial charge in [0.15, 0.2) is 5.16 Å². The van der Waals surface area contributed by atoms with Crippen molar-refractivity contribution in [2.45, 2.75) is 24.3 Å². The molecule has 1 amide bonds. The lowest BCUT2D eigenvalue weighted by molar-refractivity contribution is -0.115. The number of anilines is 1. The number of thioether (sulfide) groups is 1. The minimum absolute atomic E-state index is 0.144. The van der Waals surface area contributed by atoms with Crippen LogP contribution in [0.1, 0.15) is 12.6 Å². The maximum absolute atomic E-state index is 12.5. The molecule has 0 radical (unpaired) electrons. The predicted molar refractivity (Wildman–Crippen MR) is 108 cm³/mol. The number of halogens is 1. The molecule has 0 saturated carbocycles. The van der Waals surface area contributed by atoms with Crippen LogP contribution in [0, 0.1) is 6.92 Å². The third-order valence-corrected chi connectivity index (χ3v) is 4.98. The topological polar surface area (TPSA) is 54.9 Å². The Kier molecular flexibility index (Phi) is 5.91. The van der Waals surface area contributed by atoms with Gasteiger partial charge in [0.05, 0.1) is 21.7 Å². The zero-order chi connectivity index (χ0) is 18.5. The second-order valence-corrected chi connectivity index (χ2v) is 7.49. The first-order valence-corrected chi connectivity index (χ1v) is 9.42. The molecule has 0 fully saturated rings. The maximum atomic E-state index is 12.5. The van der Waals surface area contributed by atoms with E-state index >= 15 is 0 Å². The Hall–Kier alpha value is -2.37. The van der Waals surface area contributed by atoms with Gasteiger partial charge >= 0.3 is 0 Å². The van der Waals surface area contributed by atoms with Gasteiger partial charge in [-0.2, -0.15) is 0 Å². The molecule has 4 nitrogen and oxygen atoms in total. The van der Waals surface area contributed by atoms with Crippen LogP contribution in [-0.2, 0) is 4.79 Å². The SMILES string of the molecule is Cc1cc(-c2ccccc2)nc(S[C@@H](C)C(=O)Nc2ccccc2Cl)n1. The minimum atomic E-state index is -0.364. The Balaban J connectivity index is 1.75. The molecular weight excluding hydrogens is 366 g/mol. The van der Waals surface area contributed by atoms with Crippen LogP contribution in [0.25, 0.3) is 11.3 Å². The number of hydrogen-bond donors (Lipinski definition) is 1. The molecule has 0 spiro atoms. The number of benzene rings is 2. The Morgan fingerprint density at radius 1 is 1.08 bits per heavy atom. The van der Waals surface area contributed by atoms with Crippen molar-refractivity contribution in [2.75, 3.05) is 5.32 Å². The average molecular weight is 384 g/mol. The van der Waals surface area contributed by atoms with Gasteiger partial charge in [-0.05, 0) is 32.0 Å². The zero-order valence-corrected chi connectivity index (χ0v) is 16.0. The number of aromatic nitrogens is 2. The van der Waals surface area contributed by atoms with Gasteiger partial charge in [-0.3, -0.25) is 4.79 Å². The summed E-state index contributed by atoms with van der Waals surface area (Å²) in [5.74, 6) is -0.144. The number of carbonyl (C=O) groups is 1. The Labute approximate surface area is 162 Å². The fraction of sp³-hybridized carbons (Fsp3) is 0.150. The molecule has 0 aliphatic carbocycles. The Morgan fingerprint density at radius 3 is 2.50 bits per heavy atom. The maximum Gasteiger partial charge on any atom is 0.237 e. The fourth-order valence-corrected chi connectivity index (χ4v) is 3.37. The number of para-hydroxylation sites is 1. The number of nitrogens with zero attached hydrogens (tertiary/aromatic N) is 2. The van der Waals surface area contributed by atoms with E-state index in [-0.39, 0.29) is 11.2 Å². The minimum Gasteiger partial charge on any atom is -0.324 e. The molecule has 0 bridgehead atoms. The lowest BCUT2D eigenvalue weighted by Crippen LogP contribution is -2.22. The normalized spacial score (nSPS) is 11.8. The van der Waals surface area contributed by atoms with E-state index in [9.17, 15) is 4.79 Å². The fourth-order valence-electron chi connectivity index (χ4n) is 2.36. The molecule has 26 heavy (non-hydrogen) atoms. The Morgan fingerprint density at radius 2 is 1.77 bits per heavy atom. The van der Waals surface area contributed by atoms with Gasteiger partial charge in [-0.1, -0.05) is 65.8 Å². The van der Waals surface area contributed by atoms with Crippen LogP contribution >= 0.6 is 23.4 Å². The van der Waals surface area contributed by atoms with E-state index in [0.717, 1.165) is 17.0 Å². The van der Waals surface area contributed by atoms with E-state index in [1.807, 2.05) is 62.4 Å². The summed E-state index contributed by atoms with van der Waals surface area (Å²) in [6, 6.07) is 19.0.